The number of fused-ring (bicyclic) bond motifs is 1. The van der Waals surface area contributed by atoms with Crippen molar-refractivity contribution < 1.29 is 4.74 Å². The number of ether oxygens (including phenoxy) is 1. The minimum atomic E-state index is 0.574. The lowest BCUT2D eigenvalue weighted by atomic mass is 10.2. The topological polar surface area (TPSA) is 34.2 Å². The van der Waals surface area contributed by atoms with Crippen LogP contribution in [-0.4, -0.2) is 4.98 Å². The lowest BCUT2D eigenvalue weighted by Crippen LogP contribution is -2.00. The number of aryl methyl sites for hydroxylation is 1. The molecule has 4 aromatic carbocycles. The van der Waals surface area contributed by atoms with E-state index < -0.39 is 0 Å². The number of aromatic nitrogens is 1. The van der Waals surface area contributed by atoms with E-state index in [1.165, 1.54) is 21.4 Å². The molecule has 4 heteroatoms. The van der Waals surface area contributed by atoms with Gasteiger partial charge in [0.15, 0.2) is 0 Å². The van der Waals surface area contributed by atoms with Gasteiger partial charge in [-0.1, -0.05) is 48.5 Å². The van der Waals surface area contributed by atoms with Crippen LogP contribution in [0.2, 0.25) is 0 Å². The fraction of sp³-hybridized carbons (Fsp3) is 0.107. The average Bonchev–Trinajstić information content (AvgIpc) is 3.26. The minimum Gasteiger partial charge on any atom is -0.489 e. The fourth-order valence-corrected chi connectivity index (χ4v) is 4.65. The zero-order valence-electron chi connectivity index (χ0n) is 17.9. The molecule has 0 amide bonds. The molecule has 0 fully saturated rings. The highest BCUT2D eigenvalue weighted by Crippen LogP contribution is 2.31. The van der Waals surface area contributed by atoms with E-state index in [2.05, 4.69) is 79.0 Å². The van der Waals surface area contributed by atoms with E-state index >= 15 is 0 Å². The molecule has 32 heavy (non-hydrogen) atoms. The van der Waals surface area contributed by atoms with Crippen molar-refractivity contribution in [2.75, 3.05) is 5.32 Å². The van der Waals surface area contributed by atoms with Gasteiger partial charge in [0.1, 0.15) is 17.4 Å². The summed E-state index contributed by atoms with van der Waals surface area (Å²) in [5, 5.41) is 4.56. The first-order valence-electron chi connectivity index (χ1n) is 10.7. The molecular formula is C28H24N2OS. The van der Waals surface area contributed by atoms with Crippen molar-refractivity contribution in [1.29, 1.82) is 0 Å². The van der Waals surface area contributed by atoms with Gasteiger partial charge in [-0.15, -0.1) is 11.3 Å². The van der Waals surface area contributed by atoms with Gasteiger partial charge in [0, 0.05) is 17.8 Å². The number of hydrogen-bond donors (Lipinski definition) is 1. The van der Waals surface area contributed by atoms with Gasteiger partial charge in [-0.2, -0.15) is 0 Å². The third-order valence-corrected chi connectivity index (χ3v) is 6.39. The van der Waals surface area contributed by atoms with Crippen molar-refractivity contribution in [1.82, 2.24) is 4.98 Å². The first-order valence-corrected chi connectivity index (χ1v) is 11.5. The largest absolute Gasteiger partial charge is 0.489 e. The summed E-state index contributed by atoms with van der Waals surface area (Å²) in [5.74, 6) is 0.884. The summed E-state index contributed by atoms with van der Waals surface area (Å²) in [6.07, 6.45) is 0. The second-order valence-corrected chi connectivity index (χ2v) is 8.87. The third-order valence-electron chi connectivity index (χ3n) is 5.32. The van der Waals surface area contributed by atoms with Crippen LogP contribution in [0.15, 0.2) is 97.1 Å². The Morgan fingerprint density at radius 3 is 2.47 bits per heavy atom. The summed E-state index contributed by atoms with van der Waals surface area (Å²) in [7, 11) is 0. The van der Waals surface area contributed by atoms with Crippen LogP contribution in [0.3, 0.4) is 0 Å². The standard InChI is InChI=1S/C28H24N2OS/c1-20-10-15-26-27(16-20)32-28(30-26)23-11-13-24(14-12-23)29-18-22-8-5-9-25(17-22)31-19-21-6-3-2-4-7-21/h2-17,29H,18-19H2,1H3. The molecule has 0 aliphatic heterocycles. The molecule has 3 nitrogen and oxygen atoms in total. The van der Waals surface area contributed by atoms with Crippen molar-refractivity contribution in [3.8, 4) is 16.3 Å². The van der Waals surface area contributed by atoms with Crippen molar-refractivity contribution in [3.05, 3.63) is 114 Å². The minimum absolute atomic E-state index is 0.574. The van der Waals surface area contributed by atoms with Gasteiger partial charge in [0.25, 0.3) is 0 Å². The molecular weight excluding hydrogens is 412 g/mol. The highest BCUT2D eigenvalue weighted by atomic mass is 32.1. The van der Waals surface area contributed by atoms with Gasteiger partial charge in [-0.3, -0.25) is 0 Å². The molecule has 0 saturated heterocycles. The van der Waals surface area contributed by atoms with E-state index in [4.69, 9.17) is 9.72 Å². The Bertz CT molecular complexity index is 1330. The SMILES string of the molecule is Cc1ccc2nc(-c3ccc(NCc4cccc(OCc5ccccc5)c4)cc3)sc2c1. The molecule has 0 atom stereocenters. The number of hydrogen-bond acceptors (Lipinski definition) is 4. The van der Waals surface area contributed by atoms with Crippen LogP contribution in [0.4, 0.5) is 5.69 Å². The van der Waals surface area contributed by atoms with Crippen molar-refractivity contribution in [2.24, 2.45) is 0 Å². The summed E-state index contributed by atoms with van der Waals surface area (Å²) in [6.45, 7) is 3.43. The van der Waals surface area contributed by atoms with Crippen LogP contribution < -0.4 is 10.1 Å². The first-order chi connectivity index (χ1) is 15.7. The number of thiazole rings is 1. The quantitative estimate of drug-likeness (QED) is 0.287. The number of benzene rings is 4. The normalized spacial score (nSPS) is 10.9. The maximum absolute atomic E-state index is 5.95. The van der Waals surface area contributed by atoms with E-state index in [1.54, 1.807) is 11.3 Å². The number of nitrogens with zero attached hydrogens (tertiary/aromatic N) is 1. The lowest BCUT2D eigenvalue weighted by Gasteiger charge is -2.10. The summed E-state index contributed by atoms with van der Waals surface area (Å²) in [5.41, 5.74) is 6.90. The fourth-order valence-electron chi connectivity index (χ4n) is 3.58. The van der Waals surface area contributed by atoms with Crippen LogP contribution in [-0.2, 0) is 13.2 Å². The molecule has 0 bridgehead atoms. The number of nitrogens with one attached hydrogen (secondary N) is 1. The molecule has 0 unspecified atom stereocenters. The Hall–Kier alpha value is -3.63. The Morgan fingerprint density at radius 1 is 0.812 bits per heavy atom. The molecule has 0 spiro atoms. The van der Waals surface area contributed by atoms with E-state index in [1.807, 2.05) is 30.3 Å². The zero-order chi connectivity index (χ0) is 21.8. The van der Waals surface area contributed by atoms with E-state index in [0.717, 1.165) is 34.1 Å². The third kappa shape index (κ3) is 4.82. The zero-order valence-corrected chi connectivity index (χ0v) is 18.7. The summed E-state index contributed by atoms with van der Waals surface area (Å²) < 4.78 is 7.18. The summed E-state index contributed by atoms with van der Waals surface area (Å²) in [6, 6.07) is 33.4. The molecule has 0 radical (unpaired) electrons. The molecule has 5 aromatic rings. The van der Waals surface area contributed by atoms with Crippen LogP contribution in [0.25, 0.3) is 20.8 Å². The Morgan fingerprint density at radius 2 is 1.62 bits per heavy atom. The lowest BCUT2D eigenvalue weighted by molar-refractivity contribution is 0.306. The maximum Gasteiger partial charge on any atom is 0.124 e. The second-order valence-electron chi connectivity index (χ2n) is 7.84. The van der Waals surface area contributed by atoms with Crippen molar-refractivity contribution in [2.45, 2.75) is 20.1 Å². The van der Waals surface area contributed by atoms with Crippen LogP contribution in [0.5, 0.6) is 5.75 Å². The van der Waals surface area contributed by atoms with Gasteiger partial charge in [0.05, 0.1) is 10.2 Å². The Kier molecular flexibility index (Phi) is 5.86. The van der Waals surface area contributed by atoms with E-state index in [-0.39, 0.29) is 0 Å². The number of rotatable bonds is 7. The summed E-state index contributed by atoms with van der Waals surface area (Å²) >= 11 is 1.74. The molecule has 0 aliphatic rings. The molecule has 158 valence electrons. The highest BCUT2D eigenvalue weighted by molar-refractivity contribution is 7.21. The Labute approximate surface area is 192 Å². The van der Waals surface area contributed by atoms with Crippen LogP contribution in [0.1, 0.15) is 16.7 Å². The van der Waals surface area contributed by atoms with Gasteiger partial charge in [-0.25, -0.2) is 4.98 Å². The van der Waals surface area contributed by atoms with Crippen molar-refractivity contribution >= 4 is 27.2 Å². The van der Waals surface area contributed by atoms with E-state index in [0.29, 0.717) is 6.61 Å². The maximum atomic E-state index is 5.95. The smallest absolute Gasteiger partial charge is 0.124 e. The average molecular weight is 437 g/mol. The van der Waals surface area contributed by atoms with Crippen molar-refractivity contribution in [3.63, 3.8) is 0 Å². The Balaban J connectivity index is 1.21. The first kappa shape index (κ1) is 20.3. The molecule has 1 aromatic heterocycles. The molecule has 1 N–H and O–H groups in total. The summed E-state index contributed by atoms with van der Waals surface area (Å²) in [4.78, 5) is 4.78. The predicted octanol–water partition coefficient (Wildman–Crippen LogP) is 7.46. The molecule has 1 heterocycles. The monoisotopic (exact) mass is 436 g/mol. The van der Waals surface area contributed by atoms with Crippen LogP contribution >= 0.6 is 11.3 Å². The van der Waals surface area contributed by atoms with Gasteiger partial charge < -0.3 is 10.1 Å². The predicted molar refractivity (Wildman–Crippen MR) is 134 cm³/mol. The van der Waals surface area contributed by atoms with Gasteiger partial charge in [0.2, 0.25) is 0 Å². The number of anilines is 1. The van der Waals surface area contributed by atoms with E-state index in [9.17, 15) is 0 Å². The van der Waals surface area contributed by atoms with Gasteiger partial charge in [-0.05, 0) is 72.1 Å². The molecule has 0 aliphatic carbocycles. The second kappa shape index (κ2) is 9.25. The molecule has 5 rings (SSSR count). The van der Waals surface area contributed by atoms with Gasteiger partial charge >= 0.3 is 0 Å². The highest BCUT2D eigenvalue weighted by Gasteiger charge is 2.07. The van der Waals surface area contributed by atoms with Crippen LogP contribution in [0, 0.1) is 6.92 Å². The molecule has 0 saturated carbocycles.